The van der Waals surface area contributed by atoms with Crippen LogP contribution in [0.2, 0.25) is 0 Å². The summed E-state index contributed by atoms with van der Waals surface area (Å²) in [6, 6.07) is 6.28. The maximum atomic E-state index is 5.92. The Bertz CT molecular complexity index is 401. The average molecular weight is 233 g/mol. The van der Waals surface area contributed by atoms with Crippen LogP contribution in [0.3, 0.4) is 0 Å². The molecule has 0 radical (unpaired) electrons. The van der Waals surface area contributed by atoms with E-state index in [9.17, 15) is 0 Å². The lowest BCUT2D eigenvalue weighted by Gasteiger charge is -2.33. The molecule has 92 valence electrons. The monoisotopic (exact) mass is 233 g/mol. The van der Waals surface area contributed by atoms with E-state index >= 15 is 0 Å². The smallest absolute Gasteiger partial charge is 0.161 e. The van der Waals surface area contributed by atoms with Crippen molar-refractivity contribution in [3.63, 3.8) is 0 Å². The Morgan fingerprint density at radius 2 is 1.94 bits per heavy atom. The van der Waals surface area contributed by atoms with Gasteiger partial charge < -0.3 is 15.2 Å². The van der Waals surface area contributed by atoms with Crippen molar-refractivity contribution in [3.05, 3.63) is 23.8 Å². The molecule has 1 aromatic rings. The van der Waals surface area contributed by atoms with Gasteiger partial charge in [-0.2, -0.15) is 0 Å². The summed E-state index contributed by atoms with van der Waals surface area (Å²) < 4.78 is 11.2. The van der Waals surface area contributed by atoms with Gasteiger partial charge >= 0.3 is 0 Å². The van der Waals surface area contributed by atoms with Gasteiger partial charge in [0.25, 0.3) is 0 Å². The van der Waals surface area contributed by atoms with E-state index in [1.165, 1.54) is 24.8 Å². The summed E-state index contributed by atoms with van der Waals surface area (Å²) in [5, 5.41) is 0. The van der Waals surface area contributed by atoms with Gasteiger partial charge in [0.1, 0.15) is 13.2 Å². The van der Waals surface area contributed by atoms with Gasteiger partial charge in [-0.3, -0.25) is 0 Å². The van der Waals surface area contributed by atoms with Gasteiger partial charge in [0, 0.05) is 0 Å². The van der Waals surface area contributed by atoms with E-state index in [1.807, 2.05) is 6.07 Å². The molecule has 0 amide bonds. The van der Waals surface area contributed by atoms with Crippen molar-refractivity contribution in [2.75, 3.05) is 19.8 Å². The van der Waals surface area contributed by atoms with Gasteiger partial charge in [-0.1, -0.05) is 12.5 Å². The van der Waals surface area contributed by atoms with Gasteiger partial charge in [-0.05, 0) is 48.9 Å². The minimum absolute atomic E-state index is 0.486. The molecule has 0 bridgehead atoms. The first-order chi connectivity index (χ1) is 8.38. The Balaban J connectivity index is 1.86. The molecule has 3 heteroatoms. The van der Waals surface area contributed by atoms with Crippen LogP contribution in [0.25, 0.3) is 0 Å². The molecule has 2 N–H and O–H groups in total. The molecular weight excluding hydrogens is 214 g/mol. The maximum absolute atomic E-state index is 5.92. The number of rotatable bonds is 3. The Kier molecular flexibility index (Phi) is 2.93. The Morgan fingerprint density at radius 1 is 1.18 bits per heavy atom. The van der Waals surface area contributed by atoms with Crippen LogP contribution in [-0.2, 0) is 0 Å². The highest BCUT2D eigenvalue weighted by molar-refractivity contribution is 5.45. The molecule has 1 saturated carbocycles. The molecule has 1 aliphatic carbocycles. The minimum atomic E-state index is 0.486. The van der Waals surface area contributed by atoms with Gasteiger partial charge in [0.05, 0.1) is 0 Å². The third kappa shape index (κ3) is 2.00. The van der Waals surface area contributed by atoms with E-state index < -0.39 is 0 Å². The van der Waals surface area contributed by atoms with Crippen molar-refractivity contribution < 1.29 is 9.47 Å². The van der Waals surface area contributed by atoms with Crippen molar-refractivity contribution in [2.45, 2.75) is 25.2 Å². The van der Waals surface area contributed by atoms with E-state index in [-0.39, 0.29) is 0 Å². The molecule has 1 fully saturated rings. The van der Waals surface area contributed by atoms with Crippen molar-refractivity contribution in [3.8, 4) is 11.5 Å². The standard InChI is InChI=1S/C14H19NO2/c15-9-12(10-2-1-3-10)11-4-5-13-14(8-11)17-7-6-16-13/h4-5,8,10,12H,1-3,6-7,9,15H2. The maximum Gasteiger partial charge on any atom is 0.161 e. The van der Waals surface area contributed by atoms with Gasteiger partial charge in [-0.15, -0.1) is 0 Å². The fourth-order valence-electron chi connectivity index (χ4n) is 2.73. The predicted octanol–water partition coefficient (Wildman–Crippen LogP) is 2.30. The molecule has 0 aromatic heterocycles. The van der Waals surface area contributed by atoms with Crippen LogP contribution in [0.15, 0.2) is 18.2 Å². The zero-order valence-electron chi connectivity index (χ0n) is 10.0. The quantitative estimate of drug-likeness (QED) is 0.871. The average Bonchev–Trinajstić information content (AvgIpc) is 2.33. The fraction of sp³-hybridized carbons (Fsp3) is 0.571. The van der Waals surface area contributed by atoms with E-state index in [4.69, 9.17) is 15.2 Å². The second-order valence-corrected chi connectivity index (χ2v) is 4.94. The Labute approximate surface area is 102 Å². The van der Waals surface area contributed by atoms with E-state index in [0.29, 0.717) is 19.1 Å². The van der Waals surface area contributed by atoms with Crippen LogP contribution in [0.1, 0.15) is 30.7 Å². The summed E-state index contributed by atoms with van der Waals surface area (Å²) in [5.41, 5.74) is 7.23. The highest BCUT2D eigenvalue weighted by Gasteiger charge is 2.28. The first-order valence-electron chi connectivity index (χ1n) is 6.48. The first kappa shape index (κ1) is 10.9. The topological polar surface area (TPSA) is 44.5 Å². The highest BCUT2D eigenvalue weighted by Crippen LogP contribution is 2.41. The van der Waals surface area contributed by atoms with E-state index in [2.05, 4.69) is 12.1 Å². The summed E-state index contributed by atoms with van der Waals surface area (Å²) in [7, 11) is 0. The fourth-order valence-corrected chi connectivity index (χ4v) is 2.73. The van der Waals surface area contributed by atoms with Crippen LogP contribution in [-0.4, -0.2) is 19.8 Å². The summed E-state index contributed by atoms with van der Waals surface area (Å²) in [6.45, 7) is 2.02. The van der Waals surface area contributed by atoms with Crippen molar-refractivity contribution in [1.29, 1.82) is 0 Å². The number of hydrogen-bond donors (Lipinski definition) is 1. The van der Waals surface area contributed by atoms with Crippen LogP contribution in [0.4, 0.5) is 0 Å². The predicted molar refractivity (Wildman–Crippen MR) is 66.6 cm³/mol. The number of fused-ring (bicyclic) bond motifs is 1. The number of hydrogen-bond acceptors (Lipinski definition) is 3. The molecule has 2 aliphatic rings. The lowest BCUT2D eigenvalue weighted by molar-refractivity contribution is 0.171. The third-order valence-electron chi connectivity index (χ3n) is 3.97. The largest absolute Gasteiger partial charge is 0.486 e. The van der Waals surface area contributed by atoms with Crippen molar-refractivity contribution in [2.24, 2.45) is 11.7 Å². The van der Waals surface area contributed by atoms with Gasteiger partial charge in [0.2, 0.25) is 0 Å². The zero-order valence-corrected chi connectivity index (χ0v) is 10.0. The van der Waals surface area contributed by atoms with Crippen LogP contribution < -0.4 is 15.2 Å². The molecule has 3 rings (SSSR count). The lowest BCUT2D eigenvalue weighted by atomic mass is 9.73. The van der Waals surface area contributed by atoms with Crippen molar-refractivity contribution >= 4 is 0 Å². The zero-order chi connectivity index (χ0) is 11.7. The second-order valence-electron chi connectivity index (χ2n) is 4.94. The SMILES string of the molecule is NCC(c1ccc2c(c1)OCCO2)C1CCC1. The molecule has 1 unspecified atom stereocenters. The number of ether oxygens (including phenoxy) is 2. The Morgan fingerprint density at radius 3 is 2.59 bits per heavy atom. The molecular formula is C14H19NO2. The highest BCUT2D eigenvalue weighted by atomic mass is 16.6. The van der Waals surface area contributed by atoms with E-state index in [1.54, 1.807) is 0 Å². The first-order valence-corrected chi connectivity index (χ1v) is 6.48. The summed E-state index contributed by atoms with van der Waals surface area (Å²) >= 11 is 0. The van der Waals surface area contributed by atoms with Crippen molar-refractivity contribution in [1.82, 2.24) is 0 Å². The lowest BCUT2D eigenvalue weighted by Crippen LogP contribution is -2.26. The van der Waals surface area contributed by atoms with E-state index in [0.717, 1.165) is 24.0 Å². The normalized spacial score (nSPS) is 20.8. The molecule has 3 nitrogen and oxygen atoms in total. The molecule has 1 heterocycles. The number of benzene rings is 1. The summed E-state index contributed by atoms with van der Waals surface area (Å²) in [6.07, 6.45) is 3.98. The summed E-state index contributed by atoms with van der Waals surface area (Å²) in [4.78, 5) is 0. The molecule has 0 spiro atoms. The summed E-state index contributed by atoms with van der Waals surface area (Å²) in [5.74, 6) is 3.00. The second kappa shape index (κ2) is 4.57. The van der Waals surface area contributed by atoms with Crippen LogP contribution in [0, 0.1) is 5.92 Å². The molecule has 0 saturated heterocycles. The van der Waals surface area contributed by atoms with Crippen LogP contribution >= 0.6 is 0 Å². The molecule has 1 aliphatic heterocycles. The Hall–Kier alpha value is -1.22. The van der Waals surface area contributed by atoms with Gasteiger partial charge in [-0.25, -0.2) is 0 Å². The molecule has 1 atom stereocenters. The van der Waals surface area contributed by atoms with Crippen LogP contribution in [0.5, 0.6) is 11.5 Å². The van der Waals surface area contributed by atoms with Gasteiger partial charge in [0.15, 0.2) is 11.5 Å². The number of nitrogens with two attached hydrogens (primary N) is 1. The third-order valence-corrected chi connectivity index (χ3v) is 3.97. The minimum Gasteiger partial charge on any atom is -0.486 e. The molecule has 17 heavy (non-hydrogen) atoms. The molecule has 1 aromatic carbocycles.